The normalized spacial score (nSPS) is 13.5. The minimum absolute atomic E-state index is 0.155. The van der Waals surface area contributed by atoms with E-state index in [4.69, 9.17) is 0 Å². The Morgan fingerprint density at radius 3 is 2.81 bits per heavy atom. The first-order valence-corrected chi connectivity index (χ1v) is 11.3. The van der Waals surface area contributed by atoms with Crippen molar-refractivity contribution >= 4 is 39.2 Å². The molecule has 4 nitrogen and oxygen atoms in total. The van der Waals surface area contributed by atoms with Gasteiger partial charge >= 0.3 is 0 Å². The van der Waals surface area contributed by atoms with Crippen molar-refractivity contribution < 1.29 is 4.79 Å². The average molecular weight is 398 g/mol. The van der Waals surface area contributed by atoms with Gasteiger partial charge in [-0.2, -0.15) is 0 Å². The third-order valence-electron chi connectivity index (χ3n) is 5.00. The van der Waals surface area contributed by atoms with Crippen LogP contribution in [0.3, 0.4) is 0 Å². The molecular weight excluding hydrogens is 374 g/mol. The van der Waals surface area contributed by atoms with E-state index >= 15 is 0 Å². The lowest BCUT2D eigenvalue weighted by molar-refractivity contribution is -0.128. The average Bonchev–Trinajstić information content (AvgIpc) is 3.10. The summed E-state index contributed by atoms with van der Waals surface area (Å²) in [5.74, 6) is 0.569. The van der Waals surface area contributed by atoms with Gasteiger partial charge in [-0.05, 0) is 43.7 Å². The molecule has 6 heteroatoms. The minimum atomic E-state index is 0.155. The van der Waals surface area contributed by atoms with Gasteiger partial charge < -0.3 is 4.90 Å². The molecule has 0 unspecified atom stereocenters. The van der Waals surface area contributed by atoms with Gasteiger partial charge in [0.05, 0.1) is 5.75 Å². The molecule has 0 N–H and O–H groups in total. The van der Waals surface area contributed by atoms with Gasteiger partial charge in [0.25, 0.3) is 0 Å². The zero-order valence-electron chi connectivity index (χ0n) is 15.5. The van der Waals surface area contributed by atoms with Crippen LogP contribution in [0.25, 0.3) is 10.2 Å². The molecule has 0 atom stereocenters. The van der Waals surface area contributed by atoms with Gasteiger partial charge in [0.1, 0.15) is 16.2 Å². The molecule has 27 heavy (non-hydrogen) atoms. The number of amides is 1. The van der Waals surface area contributed by atoms with Crippen LogP contribution in [0.15, 0.2) is 41.7 Å². The summed E-state index contributed by atoms with van der Waals surface area (Å²) >= 11 is 3.36. The Balaban J connectivity index is 1.49. The summed E-state index contributed by atoms with van der Waals surface area (Å²) in [6.07, 6.45) is 6.40. The first-order valence-electron chi connectivity index (χ1n) is 9.46. The summed E-state index contributed by atoms with van der Waals surface area (Å²) < 4.78 is 0. The van der Waals surface area contributed by atoms with Crippen molar-refractivity contribution in [2.45, 2.75) is 44.2 Å². The maximum atomic E-state index is 12.8. The van der Waals surface area contributed by atoms with E-state index < -0.39 is 0 Å². The van der Waals surface area contributed by atoms with Crippen LogP contribution in [0.4, 0.5) is 0 Å². The summed E-state index contributed by atoms with van der Waals surface area (Å²) in [6, 6.07) is 10.2. The number of carbonyl (C=O) groups is 1. The van der Waals surface area contributed by atoms with Gasteiger partial charge in [-0.15, -0.1) is 11.3 Å². The lowest BCUT2D eigenvalue weighted by Gasteiger charge is -2.21. The Hall–Kier alpha value is -1.92. The summed E-state index contributed by atoms with van der Waals surface area (Å²) in [5.41, 5.74) is 2.59. The second kappa shape index (κ2) is 8.40. The number of thiophene rings is 1. The van der Waals surface area contributed by atoms with Crippen molar-refractivity contribution in [3.05, 3.63) is 52.7 Å². The number of aromatic nitrogens is 2. The summed E-state index contributed by atoms with van der Waals surface area (Å²) in [7, 11) is 0. The van der Waals surface area contributed by atoms with Gasteiger partial charge in [0, 0.05) is 23.4 Å². The molecule has 0 saturated carbocycles. The molecule has 140 valence electrons. The van der Waals surface area contributed by atoms with E-state index in [1.165, 1.54) is 28.7 Å². The molecule has 1 aromatic carbocycles. The molecule has 0 bridgehead atoms. The standard InChI is InChI=1S/C21H23N3OS2/c1-2-24(12-15-8-4-3-5-9-15)18(25)13-26-20-19-16-10-6-7-11-17(16)27-21(19)23-14-22-20/h3-5,8-9,14H,2,6-7,10-13H2,1H3. The van der Waals surface area contributed by atoms with E-state index in [1.807, 2.05) is 30.0 Å². The molecule has 0 fully saturated rings. The molecule has 0 spiro atoms. The topological polar surface area (TPSA) is 46.1 Å². The predicted octanol–water partition coefficient (Wildman–Crippen LogP) is 4.71. The van der Waals surface area contributed by atoms with Crippen molar-refractivity contribution in [3.8, 4) is 0 Å². The monoisotopic (exact) mass is 397 g/mol. The number of benzene rings is 1. The van der Waals surface area contributed by atoms with Gasteiger partial charge in [-0.1, -0.05) is 42.1 Å². The van der Waals surface area contributed by atoms with Gasteiger partial charge in [-0.3, -0.25) is 4.79 Å². The highest BCUT2D eigenvalue weighted by Gasteiger charge is 2.21. The molecule has 0 aliphatic heterocycles. The second-order valence-corrected chi connectivity index (χ2v) is 8.80. The Labute approximate surface area is 168 Å². The molecule has 1 amide bonds. The number of hydrogen-bond donors (Lipinski definition) is 0. The van der Waals surface area contributed by atoms with E-state index in [0.717, 1.165) is 28.3 Å². The van der Waals surface area contributed by atoms with E-state index in [1.54, 1.807) is 29.4 Å². The number of carbonyl (C=O) groups excluding carboxylic acids is 1. The smallest absolute Gasteiger partial charge is 0.233 e. The van der Waals surface area contributed by atoms with Crippen LogP contribution in [-0.2, 0) is 24.2 Å². The molecule has 1 aliphatic rings. The maximum absolute atomic E-state index is 12.8. The first kappa shape index (κ1) is 18.4. The highest BCUT2D eigenvalue weighted by molar-refractivity contribution is 8.00. The molecule has 3 aromatic rings. The van der Waals surface area contributed by atoms with Crippen LogP contribution >= 0.6 is 23.1 Å². The molecule has 0 radical (unpaired) electrons. The van der Waals surface area contributed by atoms with E-state index in [-0.39, 0.29) is 5.91 Å². The number of rotatable bonds is 6. The molecule has 4 rings (SSSR count). The molecule has 1 aliphatic carbocycles. The summed E-state index contributed by atoms with van der Waals surface area (Å²) in [6.45, 7) is 3.40. The zero-order valence-corrected chi connectivity index (χ0v) is 17.1. The fourth-order valence-corrected chi connectivity index (χ4v) is 5.79. The van der Waals surface area contributed by atoms with Crippen LogP contribution in [0, 0.1) is 0 Å². The Kier molecular flexibility index (Phi) is 5.74. The fraction of sp³-hybridized carbons (Fsp3) is 0.381. The van der Waals surface area contributed by atoms with E-state index in [2.05, 4.69) is 22.1 Å². The minimum Gasteiger partial charge on any atom is -0.338 e. The van der Waals surface area contributed by atoms with Crippen LogP contribution in [0.5, 0.6) is 0 Å². The number of aryl methyl sites for hydroxylation is 2. The largest absolute Gasteiger partial charge is 0.338 e. The van der Waals surface area contributed by atoms with E-state index in [9.17, 15) is 4.79 Å². The SMILES string of the molecule is CCN(Cc1ccccc1)C(=O)CSc1ncnc2sc3c(c12)CCCC3. The van der Waals surface area contributed by atoms with Gasteiger partial charge in [0.2, 0.25) is 5.91 Å². The van der Waals surface area contributed by atoms with Crippen molar-refractivity contribution in [2.24, 2.45) is 0 Å². The number of fused-ring (bicyclic) bond motifs is 3. The Morgan fingerprint density at radius 1 is 1.19 bits per heavy atom. The highest BCUT2D eigenvalue weighted by atomic mass is 32.2. The lowest BCUT2D eigenvalue weighted by atomic mass is 9.97. The Morgan fingerprint density at radius 2 is 2.00 bits per heavy atom. The quantitative estimate of drug-likeness (QED) is 0.446. The van der Waals surface area contributed by atoms with Crippen molar-refractivity contribution in [3.63, 3.8) is 0 Å². The van der Waals surface area contributed by atoms with Gasteiger partial charge in [0.15, 0.2) is 0 Å². The highest BCUT2D eigenvalue weighted by Crippen LogP contribution is 2.39. The Bertz CT molecular complexity index is 939. The van der Waals surface area contributed by atoms with Crippen molar-refractivity contribution in [1.29, 1.82) is 0 Å². The van der Waals surface area contributed by atoms with E-state index in [0.29, 0.717) is 18.8 Å². The summed E-state index contributed by atoms with van der Waals surface area (Å²) in [5, 5.41) is 2.16. The second-order valence-electron chi connectivity index (χ2n) is 6.75. The van der Waals surface area contributed by atoms with Crippen LogP contribution < -0.4 is 0 Å². The van der Waals surface area contributed by atoms with Crippen LogP contribution in [0.1, 0.15) is 35.8 Å². The predicted molar refractivity (Wildman–Crippen MR) is 112 cm³/mol. The number of nitrogens with zero attached hydrogens (tertiary/aromatic N) is 3. The molecule has 0 saturated heterocycles. The maximum Gasteiger partial charge on any atom is 0.233 e. The number of thioether (sulfide) groups is 1. The summed E-state index contributed by atoms with van der Waals surface area (Å²) in [4.78, 5) is 26.2. The molecule has 2 heterocycles. The zero-order chi connectivity index (χ0) is 18.6. The van der Waals surface area contributed by atoms with Crippen LogP contribution in [-0.4, -0.2) is 33.1 Å². The van der Waals surface area contributed by atoms with Crippen LogP contribution in [0.2, 0.25) is 0 Å². The third-order valence-corrected chi connectivity index (χ3v) is 7.17. The third kappa shape index (κ3) is 4.01. The van der Waals surface area contributed by atoms with Crippen molar-refractivity contribution in [1.82, 2.24) is 14.9 Å². The molecule has 2 aromatic heterocycles. The van der Waals surface area contributed by atoms with Crippen molar-refractivity contribution in [2.75, 3.05) is 12.3 Å². The first-order chi connectivity index (χ1) is 13.3. The molecular formula is C21H23N3OS2. The van der Waals surface area contributed by atoms with Gasteiger partial charge in [-0.25, -0.2) is 9.97 Å². The fourth-order valence-electron chi connectivity index (χ4n) is 3.57. The number of hydrogen-bond acceptors (Lipinski definition) is 5. The lowest BCUT2D eigenvalue weighted by Crippen LogP contribution is -2.31.